The summed E-state index contributed by atoms with van der Waals surface area (Å²) in [4.78, 5) is 42.3. The number of amides is 3. The molecule has 0 spiro atoms. The number of carbonyl (C=O) groups is 3. The van der Waals surface area contributed by atoms with Crippen LogP contribution in [0.4, 0.5) is 0 Å². The summed E-state index contributed by atoms with van der Waals surface area (Å²) in [6.07, 6.45) is 8.61. The summed E-state index contributed by atoms with van der Waals surface area (Å²) in [7, 11) is 0. The lowest BCUT2D eigenvalue weighted by atomic mass is 9.92. The van der Waals surface area contributed by atoms with Crippen LogP contribution >= 0.6 is 0 Å². The van der Waals surface area contributed by atoms with Crippen molar-refractivity contribution in [3.8, 4) is 5.75 Å². The molecule has 3 amide bonds. The zero-order valence-electron chi connectivity index (χ0n) is 18.5. The van der Waals surface area contributed by atoms with Gasteiger partial charge in [-0.3, -0.25) is 24.7 Å². The van der Waals surface area contributed by atoms with Gasteiger partial charge in [0.05, 0.1) is 0 Å². The minimum atomic E-state index is -0.605. The number of aromatic nitrogens is 1. The molecule has 0 radical (unpaired) electrons. The molecule has 0 bridgehead atoms. The molecule has 8 heteroatoms. The van der Waals surface area contributed by atoms with Gasteiger partial charge in [0, 0.05) is 43.5 Å². The first kappa shape index (κ1) is 21.6. The zero-order chi connectivity index (χ0) is 22.8. The van der Waals surface area contributed by atoms with Crippen molar-refractivity contribution >= 4 is 17.7 Å². The Labute approximate surface area is 192 Å². The molecule has 1 unspecified atom stereocenters. The molecule has 3 atom stereocenters. The molecule has 1 aromatic heterocycles. The molecule has 3 aliphatic rings. The Morgan fingerprint density at radius 1 is 1.06 bits per heavy atom. The Kier molecular flexibility index (Phi) is 6.09. The second kappa shape index (κ2) is 9.31. The van der Waals surface area contributed by atoms with Crippen LogP contribution in [-0.4, -0.2) is 45.8 Å². The Balaban J connectivity index is 1.25. The third-order valence-electron chi connectivity index (χ3n) is 6.80. The number of pyridine rings is 1. The first-order chi connectivity index (χ1) is 16.1. The van der Waals surface area contributed by atoms with Crippen molar-refractivity contribution in [1.82, 2.24) is 20.5 Å². The number of nitrogens with zero attached hydrogens (tertiary/aromatic N) is 2. The summed E-state index contributed by atoms with van der Waals surface area (Å²) in [6, 6.07) is 9.23. The van der Waals surface area contributed by atoms with E-state index in [-0.39, 0.29) is 30.4 Å². The molecule has 172 valence electrons. The van der Waals surface area contributed by atoms with E-state index in [2.05, 4.69) is 15.6 Å². The van der Waals surface area contributed by atoms with Crippen molar-refractivity contribution in [1.29, 1.82) is 0 Å². The molecule has 2 aliphatic heterocycles. The highest BCUT2D eigenvalue weighted by Gasteiger charge is 2.39. The van der Waals surface area contributed by atoms with Crippen LogP contribution in [0.15, 0.2) is 42.7 Å². The first-order valence-corrected chi connectivity index (χ1v) is 11.6. The molecule has 2 fully saturated rings. The fourth-order valence-electron chi connectivity index (χ4n) is 5.02. The van der Waals surface area contributed by atoms with Gasteiger partial charge in [-0.15, -0.1) is 0 Å². The molecule has 5 rings (SSSR count). The monoisotopic (exact) mass is 448 g/mol. The molecule has 33 heavy (non-hydrogen) atoms. The van der Waals surface area contributed by atoms with Crippen LogP contribution in [0.1, 0.15) is 60.0 Å². The van der Waals surface area contributed by atoms with Crippen molar-refractivity contribution < 1.29 is 19.1 Å². The van der Waals surface area contributed by atoms with Crippen molar-refractivity contribution in [2.24, 2.45) is 0 Å². The molecule has 1 saturated carbocycles. The fourth-order valence-corrected chi connectivity index (χ4v) is 5.02. The van der Waals surface area contributed by atoms with E-state index in [9.17, 15) is 14.4 Å². The lowest BCUT2D eigenvalue weighted by molar-refractivity contribution is -0.136. The molecule has 1 aromatic carbocycles. The number of carbonyl (C=O) groups excluding carboxylic acids is 3. The summed E-state index contributed by atoms with van der Waals surface area (Å²) < 4.78 is 6.40. The molecular weight excluding hydrogens is 420 g/mol. The SMILES string of the molecule is O=C1CCC(N2Cc3cc(O[C@H]4CCCC[C@H]4NCc4ccncc4)ccc3C2=O)C(=O)N1. The summed E-state index contributed by atoms with van der Waals surface area (Å²) in [5.41, 5.74) is 2.65. The van der Waals surface area contributed by atoms with Crippen LogP contribution in [0.25, 0.3) is 0 Å². The number of rotatable bonds is 6. The van der Waals surface area contributed by atoms with Gasteiger partial charge in [-0.1, -0.05) is 6.42 Å². The number of hydrogen-bond donors (Lipinski definition) is 2. The number of benzene rings is 1. The van der Waals surface area contributed by atoms with Crippen LogP contribution in [0.3, 0.4) is 0 Å². The standard InChI is InChI=1S/C25H28N4O4/c30-23-8-7-21(24(31)28-23)29-15-17-13-18(5-6-19(17)25(29)32)33-22-4-2-1-3-20(22)27-14-16-9-11-26-12-10-16/h5-6,9-13,20-22,27H,1-4,7-8,14-15H2,(H,28,30,31)/t20-,21?,22+/m1/s1. The Morgan fingerprint density at radius 3 is 2.70 bits per heavy atom. The van der Waals surface area contributed by atoms with E-state index in [1.54, 1.807) is 23.4 Å². The molecule has 1 aliphatic carbocycles. The van der Waals surface area contributed by atoms with E-state index >= 15 is 0 Å². The second-order valence-corrected chi connectivity index (χ2v) is 9.00. The third kappa shape index (κ3) is 4.61. The smallest absolute Gasteiger partial charge is 0.255 e. The van der Waals surface area contributed by atoms with E-state index in [1.165, 1.54) is 12.0 Å². The molecule has 3 heterocycles. The van der Waals surface area contributed by atoms with Gasteiger partial charge >= 0.3 is 0 Å². The van der Waals surface area contributed by atoms with Gasteiger partial charge in [0.2, 0.25) is 11.8 Å². The third-order valence-corrected chi connectivity index (χ3v) is 6.80. The molecule has 2 N–H and O–H groups in total. The molecule has 2 aromatic rings. The van der Waals surface area contributed by atoms with Gasteiger partial charge in [0.1, 0.15) is 17.9 Å². The molecule has 1 saturated heterocycles. The maximum Gasteiger partial charge on any atom is 0.255 e. The zero-order valence-corrected chi connectivity index (χ0v) is 18.5. The number of fused-ring (bicyclic) bond motifs is 1. The maximum absolute atomic E-state index is 12.9. The van der Waals surface area contributed by atoms with Crippen molar-refractivity contribution in [2.45, 2.75) is 69.8 Å². The van der Waals surface area contributed by atoms with Gasteiger partial charge in [-0.2, -0.15) is 0 Å². The van der Waals surface area contributed by atoms with E-state index in [0.29, 0.717) is 18.5 Å². The Morgan fingerprint density at radius 2 is 1.88 bits per heavy atom. The van der Waals surface area contributed by atoms with Crippen molar-refractivity contribution in [3.63, 3.8) is 0 Å². The minimum Gasteiger partial charge on any atom is -0.489 e. The van der Waals surface area contributed by atoms with Crippen LogP contribution < -0.4 is 15.4 Å². The average molecular weight is 449 g/mol. The lowest BCUT2D eigenvalue weighted by Gasteiger charge is -2.33. The molecular formula is C25H28N4O4. The van der Waals surface area contributed by atoms with Gasteiger partial charge in [0.25, 0.3) is 5.91 Å². The summed E-state index contributed by atoms with van der Waals surface area (Å²) in [5, 5.41) is 5.98. The number of imide groups is 1. The van der Waals surface area contributed by atoms with E-state index in [0.717, 1.165) is 37.1 Å². The Hall–Kier alpha value is -3.26. The van der Waals surface area contributed by atoms with Crippen LogP contribution in [0, 0.1) is 0 Å². The summed E-state index contributed by atoms with van der Waals surface area (Å²) >= 11 is 0. The number of nitrogens with one attached hydrogen (secondary N) is 2. The maximum atomic E-state index is 12.9. The van der Waals surface area contributed by atoms with E-state index in [4.69, 9.17) is 4.74 Å². The fraction of sp³-hybridized carbons (Fsp3) is 0.440. The largest absolute Gasteiger partial charge is 0.489 e. The number of hydrogen-bond acceptors (Lipinski definition) is 6. The highest BCUT2D eigenvalue weighted by Crippen LogP contribution is 2.32. The summed E-state index contributed by atoms with van der Waals surface area (Å²) in [6.45, 7) is 1.12. The predicted octanol–water partition coefficient (Wildman–Crippen LogP) is 2.32. The average Bonchev–Trinajstić information content (AvgIpc) is 3.14. The highest BCUT2D eigenvalue weighted by molar-refractivity contribution is 6.05. The quantitative estimate of drug-likeness (QED) is 0.658. The van der Waals surface area contributed by atoms with Gasteiger partial charge in [-0.25, -0.2) is 0 Å². The number of piperidine rings is 1. The van der Waals surface area contributed by atoms with E-state index < -0.39 is 11.9 Å². The van der Waals surface area contributed by atoms with Crippen molar-refractivity contribution in [2.75, 3.05) is 0 Å². The predicted molar refractivity (Wildman–Crippen MR) is 120 cm³/mol. The topological polar surface area (TPSA) is 101 Å². The van der Waals surface area contributed by atoms with Crippen LogP contribution in [0.2, 0.25) is 0 Å². The first-order valence-electron chi connectivity index (χ1n) is 11.6. The minimum absolute atomic E-state index is 0.0574. The second-order valence-electron chi connectivity index (χ2n) is 9.00. The summed E-state index contributed by atoms with van der Waals surface area (Å²) in [5.74, 6) is -0.0974. The van der Waals surface area contributed by atoms with Gasteiger partial charge in [-0.05, 0) is 67.1 Å². The van der Waals surface area contributed by atoms with Gasteiger partial charge in [0.15, 0.2) is 0 Å². The highest BCUT2D eigenvalue weighted by atomic mass is 16.5. The van der Waals surface area contributed by atoms with Gasteiger partial charge < -0.3 is 15.0 Å². The van der Waals surface area contributed by atoms with E-state index in [1.807, 2.05) is 24.3 Å². The Bertz CT molecular complexity index is 1060. The van der Waals surface area contributed by atoms with Crippen LogP contribution in [-0.2, 0) is 22.7 Å². The van der Waals surface area contributed by atoms with Crippen LogP contribution in [0.5, 0.6) is 5.75 Å². The number of ether oxygens (including phenoxy) is 1. The lowest BCUT2D eigenvalue weighted by Crippen LogP contribution is -2.52. The van der Waals surface area contributed by atoms with Crippen molar-refractivity contribution in [3.05, 3.63) is 59.4 Å². The normalized spacial score (nSPS) is 25.0. The molecule has 8 nitrogen and oxygen atoms in total.